The maximum Gasteiger partial charge on any atom is 0.283 e. The molecule has 1 fully saturated rings. The molecule has 9 heteroatoms. The van der Waals surface area contributed by atoms with Crippen molar-refractivity contribution in [3.05, 3.63) is 57.9 Å². The van der Waals surface area contributed by atoms with Gasteiger partial charge in [-0.1, -0.05) is 6.07 Å². The molecule has 1 aromatic carbocycles. The number of rotatable bonds is 5. The summed E-state index contributed by atoms with van der Waals surface area (Å²) in [5.41, 5.74) is 0.259. The van der Waals surface area contributed by atoms with Gasteiger partial charge >= 0.3 is 0 Å². The lowest BCUT2D eigenvalue weighted by Gasteiger charge is -2.14. The number of nitrogens with zero attached hydrogens (tertiary/aromatic N) is 5. The van der Waals surface area contributed by atoms with E-state index in [1.807, 2.05) is 6.07 Å². The van der Waals surface area contributed by atoms with Gasteiger partial charge in [0.25, 0.3) is 11.6 Å². The Kier molecular flexibility index (Phi) is 5.78. The van der Waals surface area contributed by atoms with E-state index in [-0.39, 0.29) is 17.2 Å². The van der Waals surface area contributed by atoms with Gasteiger partial charge in [-0.15, -0.1) is 0 Å². The third kappa shape index (κ3) is 4.48. The molecular weight excluding hydrogens is 366 g/mol. The highest BCUT2D eigenvalue weighted by molar-refractivity contribution is 7.99. The first kappa shape index (κ1) is 18.5. The molecule has 1 amide bonds. The molecule has 0 radical (unpaired) electrons. The maximum atomic E-state index is 12.4. The van der Waals surface area contributed by atoms with Crippen molar-refractivity contribution in [2.45, 2.75) is 22.9 Å². The highest BCUT2D eigenvalue weighted by Crippen LogP contribution is 2.34. The van der Waals surface area contributed by atoms with Crippen LogP contribution in [0.4, 0.5) is 5.69 Å². The van der Waals surface area contributed by atoms with Crippen molar-refractivity contribution in [3.63, 3.8) is 0 Å². The smallest absolute Gasteiger partial charge is 0.283 e. The van der Waals surface area contributed by atoms with Crippen LogP contribution < -0.4 is 0 Å². The average molecular weight is 381 g/mol. The lowest BCUT2D eigenvalue weighted by Crippen LogP contribution is -2.28. The second-order valence-corrected chi connectivity index (χ2v) is 6.80. The molecule has 1 saturated heterocycles. The molecule has 0 aliphatic carbocycles. The van der Waals surface area contributed by atoms with Crippen LogP contribution in [0.2, 0.25) is 0 Å². The van der Waals surface area contributed by atoms with E-state index in [1.54, 1.807) is 35.5 Å². The molecule has 0 unspecified atom stereocenters. The highest BCUT2D eigenvalue weighted by atomic mass is 32.2. The minimum absolute atomic E-state index is 0.0296. The summed E-state index contributed by atoms with van der Waals surface area (Å²) in [4.78, 5) is 33.4. The predicted molar refractivity (Wildman–Crippen MR) is 98.7 cm³/mol. The molecule has 8 nitrogen and oxygen atoms in total. The number of nitro benzene ring substituents is 1. The topological polar surface area (TPSA) is 113 Å². The summed E-state index contributed by atoms with van der Waals surface area (Å²) >= 11 is 1.08. The van der Waals surface area contributed by atoms with Crippen molar-refractivity contribution < 1.29 is 9.72 Å². The van der Waals surface area contributed by atoms with Gasteiger partial charge in [0.1, 0.15) is 11.6 Å². The van der Waals surface area contributed by atoms with E-state index in [0.717, 1.165) is 24.6 Å². The zero-order valence-corrected chi connectivity index (χ0v) is 15.1. The van der Waals surface area contributed by atoms with E-state index < -0.39 is 4.92 Å². The maximum absolute atomic E-state index is 12.4. The molecule has 1 aliphatic heterocycles. The van der Waals surface area contributed by atoms with Gasteiger partial charge in [-0.2, -0.15) is 5.26 Å². The van der Waals surface area contributed by atoms with Gasteiger partial charge in [-0.05, 0) is 48.4 Å². The van der Waals surface area contributed by atoms with Gasteiger partial charge in [-0.25, -0.2) is 9.97 Å². The first-order valence-electron chi connectivity index (χ1n) is 8.23. The Hall–Kier alpha value is -3.25. The number of carbonyl (C=O) groups is 1. The van der Waals surface area contributed by atoms with E-state index >= 15 is 0 Å². The Labute approximate surface area is 159 Å². The average Bonchev–Trinajstić information content (AvgIpc) is 3.22. The van der Waals surface area contributed by atoms with E-state index in [1.165, 1.54) is 12.1 Å². The minimum Gasteiger partial charge on any atom is -0.338 e. The Morgan fingerprint density at radius 2 is 2.00 bits per heavy atom. The van der Waals surface area contributed by atoms with Crippen LogP contribution in [0.25, 0.3) is 6.08 Å². The number of likely N-dealkylation sites (tertiary alicyclic amines) is 1. The van der Waals surface area contributed by atoms with Crippen molar-refractivity contribution >= 4 is 29.4 Å². The number of aromatic nitrogens is 2. The van der Waals surface area contributed by atoms with Gasteiger partial charge in [0.2, 0.25) is 0 Å². The second-order valence-electron chi connectivity index (χ2n) is 5.79. The predicted octanol–water partition coefficient (Wildman–Crippen LogP) is 3.07. The molecule has 2 aromatic rings. The van der Waals surface area contributed by atoms with Crippen molar-refractivity contribution in [3.8, 4) is 6.07 Å². The molecule has 136 valence electrons. The quantitative estimate of drug-likeness (QED) is 0.257. The van der Waals surface area contributed by atoms with Crippen LogP contribution in [-0.2, 0) is 4.79 Å². The van der Waals surface area contributed by atoms with Gasteiger partial charge in [-0.3, -0.25) is 14.9 Å². The summed E-state index contributed by atoms with van der Waals surface area (Å²) in [5, 5.41) is 21.2. The van der Waals surface area contributed by atoms with Crippen molar-refractivity contribution in [1.82, 2.24) is 14.9 Å². The Balaban J connectivity index is 1.90. The van der Waals surface area contributed by atoms with Gasteiger partial charge in [0.15, 0.2) is 5.16 Å². The monoisotopic (exact) mass is 381 g/mol. The lowest BCUT2D eigenvalue weighted by molar-refractivity contribution is -0.387. The van der Waals surface area contributed by atoms with E-state index in [9.17, 15) is 20.2 Å². The minimum atomic E-state index is -0.503. The summed E-state index contributed by atoms with van der Waals surface area (Å²) in [6, 6.07) is 8.11. The van der Waals surface area contributed by atoms with Gasteiger partial charge in [0.05, 0.1) is 9.82 Å². The molecule has 0 bridgehead atoms. The first-order valence-corrected chi connectivity index (χ1v) is 9.04. The highest BCUT2D eigenvalue weighted by Gasteiger charge is 2.22. The number of carbonyl (C=O) groups excluding carboxylic acids is 1. The standard InChI is InChI=1S/C18H15N5O3S/c19-12-14(17(24)22-8-1-2-9-22)10-13-4-5-16(15(11-13)23(25)26)27-18-20-6-3-7-21-18/h3-7,10-11H,1-2,8-9H2/b14-10+. The largest absolute Gasteiger partial charge is 0.338 e. The molecule has 1 aromatic heterocycles. The van der Waals surface area contributed by atoms with Crippen molar-refractivity contribution in [1.29, 1.82) is 5.26 Å². The molecule has 0 N–H and O–H groups in total. The third-order valence-electron chi connectivity index (χ3n) is 3.98. The SMILES string of the molecule is N#C/C(=C\c1ccc(Sc2ncccn2)c([N+](=O)[O-])c1)C(=O)N1CCCC1. The Bertz CT molecular complexity index is 934. The molecule has 1 aliphatic rings. The lowest BCUT2D eigenvalue weighted by atomic mass is 10.1. The van der Waals surface area contributed by atoms with Crippen LogP contribution >= 0.6 is 11.8 Å². The van der Waals surface area contributed by atoms with Gasteiger partial charge in [0, 0.05) is 31.5 Å². The summed E-state index contributed by atoms with van der Waals surface area (Å²) in [7, 11) is 0. The Morgan fingerprint density at radius 1 is 1.30 bits per heavy atom. The molecule has 3 rings (SSSR count). The fourth-order valence-electron chi connectivity index (χ4n) is 2.69. The molecule has 0 saturated carbocycles. The molecular formula is C18H15N5O3S. The van der Waals surface area contributed by atoms with Crippen LogP contribution in [0.15, 0.2) is 52.3 Å². The normalized spacial score (nSPS) is 14.0. The summed E-state index contributed by atoms with van der Waals surface area (Å²) in [5.74, 6) is -0.339. The van der Waals surface area contributed by atoms with Crippen molar-refractivity contribution in [2.75, 3.05) is 13.1 Å². The van der Waals surface area contributed by atoms with E-state index in [0.29, 0.717) is 28.7 Å². The van der Waals surface area contributed by atoms with Crippen LogP contribution in [-0.4, -0.2) is 38.8 Å². The van der Waals surface area contributed by atoms with Gasteiger partial charge < -0.3 is 4.90 Å². The zero-order chi connectivity index (χ0) is 19.2. The number of benzene rings is 1. The second kappa shape index (κ2) is 8.42. The van der Waals surface area contributed by atoms with Crippen LogP contribution in [0, 0.1) is 21.4 Å². The van der Waals surface area contributed by atoms with E-state index in [2.05, 4.69) is 9.97 Å². The zero-order valence-electron chi connectivity index (χ0n) is 14.2. The number of hydrogen-bond acceptors (Lipinski definition) is 7. The number of hydrogen-bond donors (Lipinski definition) is 0. The fraction of sp³-hybridized carbons (Fsp3) is 0.222. The molecule has 0 atom stereocenters. The Morgan fingerprint density at radius 3 is 2.63 bits per heavy atom. The fourth-order valence-corrected chi connectivity index (χ4v) is 3.49. The molecule has 0 spiro atoms. The van der Waals surface area contributed by atoms with Crippen LogP contribution in [0.1, 0.15) is 18.4 Å². The molecule has 2 heterocycles. The van der Waals surface area contributed by atoms with E-state index in [4.69, 9.17) is 0 Å². The summed E-state index contributed by atoms with van der Waals surface area (Å²) in [6.45, 7) is 1.26. The first-order chi connectivity index (χ1) is 13.1. The number of nitriles is 1. The third-order valence-corrected chi connectivity index (χ3v) is 4.94. The van der Waals surface area contributed by atoms with Crippen molar-refractivity contribution in [2.24, 2.45) is 0 Å². The molecule has 27 heavy (non-hydrogen) atoms. The van der Waals surface area contributed by atoms with Crippen LogP contribution in [0.5, 0.6) is 0 Å². The number of amides is 1. The summed E-state index contributed by atoms with van der Waals surface area (Å²) < 4.78 is 0. The van der Waals surface area contributed by atoms with Crippen LogP contribution in [0.3, 0.4) is 0 Å². The summed E-state index contributed by atoms with van der Waals surface area (Å²) in [6.07, 6.45) is 6.34. The number of nitro groups is 1.